The van der Waals surface area contributed by atoms with E-state index >= 15 is 0 Å². The number of nitrogens with zero attached hydrogens (tertiary/aromatic N) is 3. The Balaban J connectivity index is 1.66. The third-order valence-electron chi connectivity index (χ3n) is 8.38. The van der Waals surface area contributed by atoms with Crippen molar-refractivity contribution < 1.29 is 0 Å². The number of hydrogen-bond donors (Lipinski definition) is 0. The minimum absolute atomic E-state index is 0.0245. The van der Waals surface area contributed by atoms with E-state index in [-0.39, 0.29) is 17.0 Å². The molecule has 2 bridgehead atoms. The van der Waals surface area contributed by atoms with Crippen molar-refractivity contribution in [2.75, 3.05) is 9.80 Å². The van der Waals surface area contributed by atoms with Crippen LogP contribution in [0.5, 0.6) is 0 Å². The molecule has 0 amide bonds. The highest BCUT2D eigenvalue weighted by molar-refractivity contribution is 5.91. The van der Waals surface area contributed by atoms with E-state index < -0.39 is 0 Å². The van der Waals surface area contributed by atoms with Crippen LogP contribution in [0.4, 0.5) is 22.9 Å². The van der Waals surface area contributed by atoms with Crippen molar-refractivity contribution in [2.24, 2.45) is 0 Å². The Morgan fingerprint density at radius 2 is 1.75 bits per heavy atom. The summed E-state index contributed by atoms with van der Waals surface area (Å²) in [6.07, 6.45) is 5.30. The van der Waals surface area contributed by atoms with Crippen LogP contribution in [0.1, 0.15) is 56.7 Å². The molecule has 0 fully saturated rings. The van der Waals surface area contributed by atoms with Crippen LogP contribution in [0, 0.1) is 6.92 Å². The lowest BCUT2D eigenvalue weighted by atomic mass is 9.66. The average Bonchev–Trinajstić information content (AvgIpc) is 3.10. The summed E-state index contributed by atoms with van der Waals surface area (Å²) in [5.74, 6) is 1.03. The zero-order valence-corrected chi connectivity index (χ0v) is 19.5. The Kier molecular flexibility index (Phi) is 3.97. The van der Waals surface area contributed by atoms with Gasteiger partial charge in [-0.1, -0.05) is 57.7 Å². The standard InChI is InChI=1S/C29H31N3/c1-6-29-16-15-28(4,5)21-13-14-24(22(29)18-21)32-26-25(12-9-17-30-26)31(27(32)20(29)3)23-11-8-7-10-19(23)2/h7-14,17-18,27H,3,6,15-16H2,1-2,4-5H3. The van der Waals surface area contributed by atoms with Crippen molar-refractivity contribution in [1.29, 1.82) is 0 Å². The molecule has 162 valence electrons. The second kappa shape index (κ2) is 6.48. The number of rotatable bonds is 2. The van der Waals surface area contributed by atoms with Gasteiger partial charge in [-0.15, -0.1) is 0 Å². The first-order valence-electron chi connectivity index (χ1n) is 11.8. The largest absolute Gasteiger partial charge is 0.313 e. The Morgan fingerprint density at radius 1 is 0.969 bits per heavy atom. The Hall–Kier alpha value is -3.07. The number of aryl methyl sites for hydroxylation is 1. The maximum atomic E-state index is 4.89. The summed E-state index contributed by atoms with van der Waals surface area (Å²) >= 11 is 0. The first-order valence-corrected chi connectivity index (χ1v) is 11.8. The van der Waals surface area contributed by atoms with Crippen molar-refractivity contribution in [2.45, 2.75) is 64.0 Å². The van der Waals surface area contributed by atoms with Crippen molar-refractivity contribution in [1.82, 2.24) is 4.98 Å². The molecule has 3 aromatic rings. The quantitative estimate of drug-likeness (QED) is 0.405. The molecule has 2 atom stereocenters. The van der Waals surface area contributed by atoms with Gasteiger partial charge < -0.3 is 4.90 Å². The fourth-order valence-electron chi connectivity index (χ4n) is 6.31. The summed E-state index contributed by atoms with van der Waals surface area (Å²) in [5, 5.41) is 0. The van der Waals surface area contributed by atoms with Crippen LogP contribution in [0.25, 0.3) is 0 Å². The molecule has 32 heavy (non-hydrogen) atoms. The highest BCUT2D eigenvalue weighted by atomic mass is 15.5. The van der Waals surface area contributed by atoms with Gasteiger partial charge in [0, 0.05) is 23.0 Å². The van der Waals surface area contributed by atoms with Gasteiger partial charge in [0.2, 0.25) is 0 Å². The number of hydrogen-bond acceptors (Lipinski definition) is 3. The van der Waals surface area contributed by atoms with Gasteiger partial charge in [0.25, 0.3) is 0 Å². The van der Waals surface area contributed by atoms with Gasteiger partial charge in [-0.2, -0.15) is 0 Å². The lowest BCUT2D eigenvalue weighted by molar-refractivity contribution is 0.357. The van der Waals surface area contributed by atoms with Gasteiger partial charge in [-0.3, -0.25) is 4.90 Å². The van der Waals surface area contributed by atoms with E-state index in [4.69, 9.17) is 11.6 Å². The topological polar surface area (TPSA) is 19.4 Å². The van der Waals surface area contributed by atoms with E-state index in [0.717, 1.165) is 30.8 Å². The van der Waals surface area contributed by atoms with Crippen molar-refractivity contribution in [3.63, 3.8) is 0 Å². The molecular formula is C29H31N3. The lowest BCUT2D eigenvalue weighted by Crippen LogP contribution is -2.51. The Bertz CT molecular complexity index is 1260. The molecule has 3 heteroatoms. The van der Waals surface area contributed by atoms with Crippen LogP contribution in [-0.4, -0.2) is 11.1 Å². The third-order valence-corrected chi connectivity index (χ3v) is 8.38. The highest BCUT2D eigenvalue weighted by Gasteiger charge is 2.54. The van der Waals surface area contributed by atoms with Gasteiger partial charge in [-0.05, 0) is 78.1 Å². The van der Waals surface area contributed by atoms with E-state index in [1.165, 1.54) is 33.6 Å². The maximum absolute atomic E-state index is 4.89. The van der Waals surface area contributed by atoms with E-state index in [0.29, 0.717) is 0 Å². The first kappa shape index (κ1) is 19.6. The van der Waals surface area contributed by atoms with Crippen LogP contribution in [0.15, 0.2) is 72.9 Å². The summed E-state index contributed by atoms with van der Waals surface area (Å²) in [4.78, 5) is 9.81. The fraction of sp³-hybridized carbons (Fsp3) is 0.345. The molecule has 6 rings (SSSR count). The first-order chi connectivity index (χ1) is 15.4. The van der Waals surface area contributed by atoms with Crippen LogP contribution < -0.4 is 9.80 Å². The highest BCUT2D eigenvalue weighted by Crippen LogP contribution is 2.60. The van der Waals surface area contributed by atoms with E-state index in [1.807, 2.05) is 12.3 Å². The SMILES string of the molecule is C=C1C2N(c3ccccc3C)c3cccnc3N2c2ccc3cc2C1(CC)CCC3(C)C. The van der Waals surface area contributed by atoms with Gasteiger partial charge in [0.1, 0.15) is 6.17 Å². The number of anilines is 4. The number of fused-ring (bicyclic) bond motifs is 5. The monoisotopic (exact) mass is 421 g/mol. The Labute approximate surface area is 191 Å². The van der Waals surface area contributed by atoms with Crippen LogP contribution >= 0.6 is 0 Å². The van der Waals surface area contributed by atoms with E-state index in [1.54, 1.807) is 0 Å². The molecular weight excluding hydrogens is 390 g/mol. The molecule has 0 saturated heterocycles. The summed E-state index contributed by atoms with van der Waals surface area (Å²) in [5.41, 5.74) is 9.27. The molecule has 3 heterocycles. The molecule has 1 aliphatic carbocycles. The zero-order valence-electron chi connectivity index (χ0n) is 19.5. The van der Waals surface area contributed by atoms with Crippen molar-refractivity contribution in [3.05, 3.63) is 89.6 Å². The van der Waals surface area contributed by atoms with Crippen LogP contribution in [-0.2, 0) is 10.8 Å². The average molecular weight is 422 g/mol. The minimum atomic E-state index is -0.0245. The fourth-order valence-corrected chi connectivity index (χ4v) is 6.31. The number of benzene rings is 2. The van der Waals surface area contributed by atoms with Gasteiger partial charge in [0.15, 0.2) is 5.82 Å². The molecule has 2 unspecified atom stereocenters. The molecule has 1 aromatic heterocycles. The molecule has 0 spiro atoms. The Morgan fingerprint density at radius 3 is 2.53 bits per heavy atom. The smallest absolute Gasteiger partial charge is 0.159 e. The van der Waals surface area contributed by atoms with Gasteiger partial charge in [0.05, 0.1) is 5.69 Å². The summed E-state index contributed by atoms with van der Waals surface area (Å²) < 4.78 is 0. The summed E-state index contributed by atoms with van der Waals surface area (Å²) in [7, 11) is 0. The molecule has 2 aliphatic heterocycles. The minimum Gasteiger partial charge on any atom is -0.313 e. The van der Waals surface area contributed by atoms with Crippen molar-refractivity contribution in [3.8, 4) is 0 Å². The maximum Gasteiger partial charge on any atom is 0.159 e. The van der Waals surface area contributed by atoms with Crippen LogP contribution in [0.3, 0.4) is 0 Å². The van der Waals surface area contributed by atoms with Crippen LogP contribution in [0.2, 0.25) is 0 Å². The number of para-hydroxylation sites is 1. The zero-order chi connectivity index (χ0) is 22.3. The predicted octanol–water partition coefficient (Wildman–Crippen LogP) is 7.29. The predicted molar refractivity (Wildman–Crippen MR) is 133 cm³/mol. The molecule has 0 radical (unpaired) electrons. The second-order valence-electron chi connectivity index (χ2n) is 10.3. The van der Waals surface area contributed by atoms with E-state index in [9.17, 15) is 0 Å². The second-order valence-corrected chi connectivity index (χ2v) is 10.3. The van der Waals surface area contributed by atoms with Gasteiger partial charge in [-0.25, -0.2) is 4.98 Å². The third kappa shape index (κ3) is 2.34. The summed E-state index contributed by atoms with van der Waals surface area (Å²) in [6.45, 7) is 14.2. The van der Waals surface area contributed by atoms with Gasteiger partial charge >= 0.3 is 0 Å². The lowest BCUT2D eigenvalue weighted by Gasteiger charge is -2.49. The summed E-state index contributed by atoms with van der Waals surface area (Å²) in [6, 6.07) is 20.1. The molecule has 3 nitrogen and oxygen atoms in total. The molecule has 3 aliphatic rings. The molecule has 0 saturated carbocycles. The normalized spacial score (nSPS) is 24.8. The van der Waals surface area contributed by atoms with Crippen molar-refractivity contribution >= 4 is 22.9 Å². The number of pyridine rings is 1. The molecule has 0 N–H and O–H groups in total. The number of aromatic nitrogens is 1. The molecule has 2 aromatic carbocycles. The van der Waals surface area contributed by atoms with E-state index in [2.05, 4.69) is 86.0 Å².